The summed E-state index contributed by atoms with van der Waals surface area (Å²) in [7, 11) is 1.39. The molecule has 0 N–H and O–H groups in total. The highest BCUT2D eigenvalue weighted by Gasteiger charge is 2.24. The summed E-state index contributed by atoms with van der Waals surface area (Å²) in [6.45, 7) is 2.83. The van der Waals surface area contributed by atoms with Crippen LogP contribution in [0.1, 0.15) is 54.9 Å². The topological polar surface area (TPSA) is 35.5 Å². The Morgan fingerprint density at radius 2 is 2.10 bits per heavy atom. The van der Waals surface area contributed by atoms with E-state index >= 15 is 0 Å². The largest absolute Gasteiger partial charge is 0.465 e. The van der Waals surface area contributed by atoms with Crippen LogP contribution in [0.5, 0.6) is 0 Å². The van der Waals surface area contributed by atoms with Gasteiger partial charge >= 0.3 is 5.97 Å². The molecule has 116 valence electrons. The van der Waals surface area contributed by atoms with Crippen molar-refractivity contribution in [2.24, 2.45) is 5.92 Å². The number of rotatable bonds is 5. The first-order chi connectivity index (χ1) is 10.2. The van der Waals surface area contributed by atoms with Gasteiger partial charge in [0.1, 0.15) is 0 Å². The molecule has 0 heterocycles. The van der Waals surface area contributed by atoms with Crippen LogP contribution in [0.4, 0.5) is 0 Å². The molecule has 2 rings (SSSR count). The number of hydrogen-bond acceptors (Lipinski definition) is 3. The lowest BCUT2D eigenvalue weighted by atomic mass is 9.85. The number of esters is 1. The summed E-state index contributed by atoms with van der Waals surface area (Å²) in [6.07, 6.45) is 6.60. The average molecular weight is 355 g/mol. The lowest BCUT2D eigenvalue weighted by molar-refractivity contribution is -0.0224. The van der Waals surface area contributed by atoms with Crippen LogP contribution in [0.2, 0.25) is 0 Å². The van der Waals surface area contributed by atoms with Crippen molar-refractivity contribution >= 4 is 21.9 Å². The van der Waals surface area contributed by atoms with Crippen LogP contribution >= 0.6 is 15.9 Å². The number of hydrogen-bond donors (Lipinski definition) is 0. The summed E-state index contributed by atoms with van der Waals surface area (Å²) in [6, 6.07) is 5.51. The molecular weight excluding hydrogens is 332 g/mol. The van der Waals surface area contributed by atoms with Crippen molar-refractivity contribution in [3.8, 4) is 0 Å². The summed E-state index contributed by atoms with van der Waals surface area (Å²) in [5, 5.41) is 0. The Morgan fingerprint density at radius 3 is 2.76 bits per heavy atom. The standard InChI is InChI=1S/C17H23BrO3/c1-3-12-6-4-5-7-16(12)21-11-14-9-8-13(10-15(14)18)17(19)20-2/h8-10,12,16H,3-7,11H2,1-2H3. The number of carbonyl (C=O) groups excluding carboxylic acids is 1. The van der Waals surface area contributed by atoms with Gasteiger partial charge < -0.3 is 9.47 Å². The molecular formula is C17H23BrO3. The molecule has 0 radical (unpaired) electrons. The molecule has 0 amide bonds. The van der Waals surface area contributed by atoms with E-state index in [9.17, 15) is 4.79 Å². The van der Waals surface area contributed by atoms with Gasteiger partial charge in [0.2, 0.25) is 0 Å². The van der Waals surface area contributed by atoms with Gasteiger partial charge in [0.25, 0.3) is 0 Å². The molecule has 0 aromatic heterocycles. The minimum absolute atomic E-state index is 0.318. The molecule has 3 nitrogen and oxygen atoms in total. The van der Waals surface area contributed by atoms with Crippen molar-refractivity contribution < 1.29 is 14.3 Å². The predicted octanol–water partition coefficient (Wildman–Crippen LogP) is 4.72. The molecule has 1 aliphatic carbocycles. The maximum atomic E-state index is 11.5. The molecule has 0 bridgehead atoms. The van der Waals surface area contributed by atoms with E-state index < -0.39 is 0 Å². The van der Waals surface area contributed by atoms with E-state index in [1.54, 1.807) is 12.1 Å². The third-order valence-corrected chi connectivity index (χ3v) is 5.03. The van der Waals surface area contributed by atoms with E-state index in [4.69, 9.17) is 9.47 Å². The van der Waals surface area contributed by atoms with Crippen LogP contribution in [0.15, 0.2) is 22.7 Å². The molecule has 0 aliphatic heterocycles. The molecule has 21 heavy (non-hydrogen) atoms. The summed E-state index contributed by atoms with van der Waals surface area (Å²) in [4.78, 5) is 11.5. The van der Waals surface area contributed by atoms with Crippen molar-refractivity contribution in [1.29, 1.82) is 0 Å². The fourth-order valence-electron chi connectivity index (χ4n) is 2.97. The fraction of sp³-hybridized carbons (Fsp3) is 0.588. The first kappa shape index (κ1) is 16.5. The van der Waals surface area contributed by atoms with Gasteiger partial charge in [-0.3, -0.25) is 0 Å². The maximum Gasteiger partial charge on any atom is 0.337 e. The number of halogens is 1. The van der Waals surface area contributed by atoms with E-state index in [2.05, 4.69) is 22.9 Å². The summed E-state index contributed by atoms with van der Waals surface area (Å²) < 4.78 is 11.8. The Hall–Kier alpha value is -0.870. The van der Waals surface area contributed by atoms with Crippen molar-refractivity contribution in [1.82, 2.24) is 0 Å². The highest BCUT2D eigenvalue weighted by atomic mass is 79.9. The van der Waals surface area contributed by atoms with Gasteiger partial charge in [0.15, 0.2) is 0 Å². The van der Waals surface area contributed by atoms with Crippen molar-refractivity contribution in [3.63, 3.8) is 0 Å². The van der Waals surface area contributed by atoms with Crippen molar-refractivity contribution in [2.45, 2.75) is 51.7 Å². The molecule has 0 saturated heterocycles. The molecule has 1 aliphatic rings. The second-order valence-corrected chi connectivity index (χ2v) is 6.45. The predicted molar refractivity (Wildman–Crippen MR) is 86.3 cm³/mol. The van der Waals surface area contributed by atoms with Crippen LogP contribution in [-0.2, 0) is 16.1 Å². The normalized spacial score (nSPS) is 22.0. The summed E-state index contributed by atoms with van der Waals surface area (Å²) in [5.41, 5.74) is 1.63. The van der Waals surface area contributed by atoms with Gasteiger partial charge in [0, 0.05) is 4.47 Å². The molecule has 1 saturated carbocycles. The second kappa shape index (κ2) is 7.95. The quantitative estimate of drug-likeness (QED) is 0.717. The Balaban J connectivity index is 1.98. The molecule has 4 heteroatoms. The molecule has 2 atom stereocenters. The van der Waals surface area contributed by atoms with Crippen LogP contribution in [-0.4, -0.2) is 19.2 Å². The van der Waals surface area contributed by atoms with E-state index in [0.717, 1.165) is 16.5 Å². The molecule has 0 spiro atoms. The Kier molecular flexibility index (Phi) is 6.24. The Morgan fingerprint density at radius 1 is 1.33 bits per heavy atom. The highest BCUT2D eigenvalue weighted by Crippen LogP contribution is 2.30. The third kappa shape index (κ3) is 4.30. The van der Waals surface area contributed by atoms with Crippen molar-refractivity contribution in [2.75, 3.05) is 7.11 Å². The molecule has 1 aromatic carbocycles. The minimum atomic E-state index is -0.318. The van der Waals surface area contributed by atoms with Gasteiger partial charge in [-0.1, -0.05) is 48.2 Å². The smallest absolute Gasteiger partial charge is 0.337 e. The van der Waals surface area contributed by atoms with Crippen LogP contribution in [0.3, 0.4) is 0 Å². The summed E-state index contributed by atoms with van der Waals surface area (Å²) in [5.74, 6) is 0.369. The zero-order chi connectivity index (χ0) is 15.2. The minimum Gasteiger partial charge on any atom is -0.465 e. The molecule has 2 unspecified atom stereocenters. The van der Waals surface area contributed by atoms with Gasteiger partial charge in [-0.15, -0.1) is 0 Å². The summed E-state index contributed by atoms with van der Waals surface area (Å²) >= 11 is 3.51. The second-order valence-electron chi connectivity index (χ2n) is 5.60. The van der Waals surface area contributed by atoms with Crippen molar-refractivity contribution in [3.05, 3.63) is 33.8 Å². The first-order valence-electron chi connectivity index (χ1n) is 7.64. The van der Waals surface area contributed by atoms with E-state index in [1.807, 2.05) is 6.07 Å². The lowest BCUT2D eigenvalue weighted by Crippen LogP contribution is -2.27. The van der Waals surface area contributed by atoms with Crippen LogP contribution < -0.4 is 0 Å². The van der Waals surface area contributed by atoms with E-state index in [0.29, 0.717) is 24.2 Å². The third-order valence-electron chi connectivity index (χ3n) is 4.29. The van der Waals surface area contributed by atoms with Gasteiger partial charge in [-0.25, -0.2) is 4.79 Å². The van der Waals surface area contributed by atoms with Crippen LogP contribution in [0, 0.1) is 5.92 Å². The first-order valence-corrected chi connectivity index (χ1v) is 8.43. The zero-order valence-electron chi connectivity index (χ0n) is 12.7. The fourth-order valence-corrected chi connectivity index (χ4v) is 3.46. The monoisotopic (exact) mass is 354 g/mol. The number of ether oxygens (including phenoxy) is 2. The lowest BCUT2D eigenvalue weighted by Gasteiger charge is -2.30. The maximum absolute atomic E-state index is 11.5. The zero-order valence-corrected chi connectivity index (χ0v) is 14.3. The van der Waals surface area contributed by atoms with E-state index in [-0.39, 0.29) is 5.97 Å². The van der Waals surface area contributed by atoms with Gasteiger partial charge in [0.05, 0.1) is 25.4 Å². The van der Waals surface area contributed by atoms with Gasteiger partial charge in [-0.2, -0.15) is 0 Å². The number of benzene rings is 1. The number of methoxy groups -OCH3 is 1. The number of carbonyl (C=O) groups is 1. The Labute approximate surface area is 135 Å². The SMILES string of the molecule is CCC1CCCCC1OCc1ccc(C(=O)OC)cc1Br. The van der Waals surface area contributed by atoms with Gasteiger partial charge in [-0.05, 0) is 36.5 Å². The Bertz CT molecular complexity index is 487. The van der Waals surface area contributed by atoms with Crippen LogP contribution in [0.25, 0.3) is 0 Å². The average Bonchev–Trinajstić information content (AvgIpc) is 2.53. The highest BCUT2D eigenvalue weighted by molar-refractivity contribution is 9.10. The molecule has 1 aromatic rings. The molecule has 1 fully saturated rings. The van der Waals surface area contributed by atoms with E-state index in [1.165, 1.54) is 32.8 Å².